The topological polar surface area (TPSA) is 48.0 Å². The van der Waals surface area contributed by atoms with Gasteiger partial charge in [-0.15, -0.1) is 11.3 Å². The van der Waals surface area contributed by atoms with E-state index in [0.29, 0.717) is 12.2 Å². The number of ketones is 1. The SMILES string of the molecule is COc1ccc(-c2sc3c(C)c(OC)cc(C)c3c2C(=O)c2ccc(OCCN3CCCCC3)cc2)cc1. The number of hydrogen-bond donors (Lipinski definition) is 0. The molecule has 1 saturated heterocycles. The summed E-state index contributed by atoms with van der Waals surface area (Å²) in [6, 6.07) is 17.5. The third kappa shape index (κ3) is 5.29. The molecule has 1 fully saturated rings. The van der Waals surface area contributed by atoms with Crippen molar-refractivity contribution in [3.8, 4) is 27.7 Å². The van der Waals surface area contributed by atoms with E-state index in [4.69, 9.17) is 14.2 Å². The molecular weight excluding hydrogens is 494 g/mol. The Morgan fingerprint density at radius 3 is 2.24 bits per heavy atom. The van der Waals surface area contributed by atoms with Crippen LogP contribution in [0.2, 0.25) is 0 Å². The van der Waals surface area contributed by atoms with Crippen molar-refractivity contribution in [2.24, 2.45) is 0 Å². The summed E-state index contributed by atoms with van der Waals surface area (Å²) >= 11 is 1.64. The van der Waals surface area contributed by atoms with Gasteiger partial charge in [0.2, 0.25) is 0 Å². The first-order valence-corrected chi connectivity index (χ1v) is 14.1. The molecule has 2 heterocycles. The number of likely N-dealkylation sites (tertiary alicyclic amines) is 1. The second-order valence-electron chi connectivity index (χ2n) is 9.86. The minimum Gasteiger partial charge on any atom is -0.497 e. The number of nitrogens with zero attached hydrogens (tertiary/aromatic N) is 1. The van der Waals surface area contributed by atoms with Crippen LogP contribution in [0, 0.1) is 13.8 Å². The minimum absolute atomic E-state index is 0.00889. The van der Waals surface area contributed by atoms with Crippen LogP contribution in [0.3, 0.4) is 0 Å². The van der Waals surface area contributed by atoms with Crippen LogP contribution >= 0.6 is 11.3 Å². The smallest absolute Gasteiger partial charge is 0.195 e. The Labute approximate surface area is 229 Å². The molecule has 0 amide bonds. The maximum atomic E-state index is 14.1. The lowest BCUT2D eigenvalue weighted by Crippen LogP contribution is -2.33. The molecular formula is C32H35NO4S. The van der Waals surface area contributed by atoms with Gasteiger partial charge < -0.3 is 14.2 Å². The summed E-state index contributed by atoms with van der Waals surface area (Å²) in [7, 11) is 3.34. The van der Waals surface area contributed by atoms with E-state index in [1.54, 1.807) is 25.6 Å². The number of thiophene rings is 1. The Kier molecular flexibility index (Phi) is 8.01. The van der Waals surface area contributed by atoms with Gasteiger partial charge in [-0.05, 0) is 106 Å². The Morgan fingerprint density at radius 2 is 1.58 bits per heavy atom. The van der Waals surface area contributed by atoms with Crippen LogP contribution in [0.1, 0.15) is 46.3 Å². The van der Waals surface area contributed by atoms with Gasteiger partial charge in [0.15, 0.2) is 5.78 Å². The third-order valence-electron chi connectivity index (χ3n) is 7.40. The lowest BCUT2D eigenvalue weighted by molar-refractivity contribution is 0.104. The molecule has 38 heavy (non-hydrogen) atoms. The highest BCUT2D eigenvalue weighted by atomic mass is 32.1. The summed E-state index contributed by atoms with van der Waals surface area (Å²) in [5, 5.41) is 0.992. The first-order chi connectivity index (χ1) is 18.5. The number of rotatable bonds is 9. The first kappa shape index (κ1) is 26.3. The summed E-state index contributed by atoms with van der Waals surface area (Å²) in [6.45, 7) is 8.02. The molecule has 0 aliphatic carbocycles. The number of hydrogen-bond acceptors (Lipinski definition) is 6. The van der Waals surface area contributed by atoms with Gasteiger partial charge in [-0.3, -0.25) is 9.69 Å². The Morgan fingerprint density at radius 1 is 0.895 bits per heavy atom. The van der Waals surface area contributed by atoms with Crippen LogP contribution in [0.15, 0.2) is 54.6 Å². The number of fused-ring (bicyclic) bond motifs is 1. The standard InChI is InChI=1S/C32H35NO4S/c1-21-20-27(36-4)22(2)31-28(21)29(32(38-31)24-10-12-25(35-3)13-11-24)30(34)23-8-14-26(15-9-23)37-19-18-33-16-6-5-7-17-33/h8-15,20H,5-7,16-19H2,1-4H3. The summed E-state index contributed by atoms with van der Waals surface area (Å²) in [5.74, 6) is 2.42. The van der Waals surface area contributed by atoms with Gasteiger partial charge >= 0.3 is 0 Å². The van der Waals surface area contributed by atoms with E-state index in [1.807, 2.05) is 61.5 Å². The number of benzene rings is 3. The van der Waals surface area contributed by atoms with E-state index in [0.717, 1.165) is 74.1 Å². The lowest BCUT2D eigenvalue weighted by atomic mass is 9.94. The third-order valence-corrected chi connectivity index (χ3v) is 8.76. The lowest BCUT2D eigenvalue weighted by Gasteiger charge is -2.26. The van der Waals surface area contributed by atoms with Gasteiger partial charge in [0, 0.05) is 38.2 Å². The molecule has 0 bridgehead atoms. The molecule has 0 N–H and O–H groups in total. The van der Waals surface area contributed by atoms with Crippen molar-refractivity contribution in [1.29, 1.82) is 0 Å². The van der Waals surface area contributed by atoms with Crippen LogP contribution in [-0.2, 0) is 0 Å². The molecule has 3 aromatic carbocycles. The number of carbonyl (C=O) groups excluding carboxylic acids is 1. The van der Waals surface area contributed by atoms with E-state index in [2.05, 4.69) is 11.8 Å². The van der Waals surface area contributed by atoms with Gasteiger partial charge in [-0.2, -0.15) is 0 Å². The van der Waals surface area contributed by atoms with Crippen LogP contribution in [0.5, 0.6) is 17.2 Å². The molecule has 198 valence electrons. The summed E-state index contributed by atoms with van der Waals surface area (Å²) in [5.41, 5.74) is 4.45. The molecule has 0 unspecified atom stereocenters. The first-order valence-electron chi connectivity index (χ1n) is 13.2. The molecule has 5 nitrogen and oxygen atoms in total. The molecule has 6 heteroatoms. The van der Waals surface area contributed by atoms with Crippen molar-refractivity contribution in [2.75, 3.05) is 40.5 Å². The van der Waals surface area contributed by atoms with Gasteiger partial charge in [0.1, 0.15) is 23.9 Å². The second-order valence-corrected chi connectivity index (χ2v) is 10.9. The van der Waals surface area contributed by atoms with Crippen molar-refractivity contribution in [3.63, 3.8) is 0 Å². The molecule has 1 aliphatic rings. The highest BCUT2D eigenvalue weighted by Gasteiger charge is 2.25. The van der Waals surface area contributed by atoms with Crippen molar-refractivity contribution in [3.05, 3.63) is 76.9 Å². The van der Waals surface area contributed by atoms with Crippen LogP contribution < -0.4 is 14.2 Å². The molecule has 0 spiro atoms. The molecule has 0 radical (unpaired) electrons. The molecule has 4 aromatic rings. The average molecular weight is 530 g/mol. The zero-order valence-corrected chi connectivity index (χ0v) is 23.5. The number of ether oxygens (including phenoxy) is 3. The largest absolute Gasteiger partial charge is 0.497 e. The van der Waals surface area contributed by atoms with E-state index in [1.165, 1.54) is 19.3 Å². The number of aryl methyl sites for hydroxylation is 2. The average Bonchev–Trinajstić information content (AvgIpc) is 3.37. The van der Waals surface area contributed by atoms with Crippen molar-refractivity contribution >= 4 is 27.2 Å². The van der Waals surface area contributed by atoms with Crippen LogP contribution in [-0.4, -0.2) is 51.1 Å². The number of methoxy groups -OCH3 is 2. The summed E-state index contributed by atoms with van der Waals surface area (Å²) < 4.78 is 18.1. The molecule has 1 aliphatic heterocycles. The van der Waals surface area contributed by atoms with E-state index in [9.17, 15) is 4.79 Å². The minimum atomic E-state index is 0.00889. The normalized spacial score (nSPS) is 14.0. The monoisotopic (exact) mass is 529 g/mol. The Bertz CT molecular complexity index is 1420. The van der Waals surface area contributed by atoms with Gasteiger partial charge in [0.05, 0.1) is 14.2 Å². The van der Waals surface area contributed by atoms with Gasteiger partial charge in [0.25, 0.3) is 0 Å². The van der Waals surface area contributed by atoms with E-state index in [-0.39, 0.29) is 5.78 Å². The summed E-state index contributed by atoms with van der Waals surface area (Å²) in [6.07, 6.45) is 3.88. The predicted molar refractivity (Wildman–Crippen MR) is 155 cm³/mol. The van der Waals surface area contributed by atoms with Crippen LogP contribution in [0.4, 0.5) is 0 Å². The highest BCUT2D eigenvalue weighted by Crippen LogP contribution is 2.45. The molecule has 5 rings (SSSR count). The second kappa shape index (κ2) is 11.6. The fourth-order valence-electron chi connectivity index (χ4n) is 5.26. The van der Waals surface area contributed by atoms with Crippen molar-refractivity contribution in [2.45, 2.75) is 33.1 Å². The van der Waals surface area contributed by atoms with Crippen LogP contribution in [0.25, 0.3) is 20.5 Å². The maximum Gasteiger partial charge on any atom is 0.195 e. The summed E-state index contributed by atoms with van der Waals surface area (Å²) in [4.78, 5) is 17.5. The fourth-order valence-corrected chi connectivity index (χ4v) is 6.63. The van der Waals surface area contributed by atoms with E-state index < -0.39 is 0 Å². The molecule has 0 saturated carbocycles. The highest BCUT2D eigenvalue weighted by molar-refractivity contribution is 7.23. The molecule has 1 aromatic heterocycles. The van der Waals surface area contributed by atoms with Gasteiger partial charge in [-0.1, -0.05) is 6.42 Å². The Balaban J connectivity index is 1.47. The van der Waals surface area contributed by atoms with Crippen molar-refractivity contribution < 1.29 is 19.0 Å². The quantitative estimate of drug-likeness (QED) is 0.213. The van der Waals surface area contributed by atoms with Gasteiger partial charge in [-0.25, -0.2) is 0 Å². The van der Waals surface area contributed by atoms with E-state index >= 15 is 0 Å². The number of carbonyl (C=O) groups is 1. The Hall–Kier alpha value is -3.35. The maximum absolute atomic E-state index is 14.1. The fraction of sp³-hybridized carbons (Fsp3) is 0.344. The zero-order chi connectivity index (χ0) is 26.6. The zero-order valence-electron chi connectivity index (χ0n) is 22.6. The number of piperidine rings is 1. The molecule has 0 atom stereocenters. The van der Waals surface area contributed by atoms with Crippen molar-refractivity contribution in [1.82, 2.24) is 4.90 Å². The predicted octanol–water partition coefficient (Wildman–Crippen LogP) is 7.30.